The molecule has 0 saturated carbocycles. The van der Waals surface area contributed by atoms with Gasteiger partial charge in [-0.05, 0) is 51.5 Å². The number of nitrogens with one attached hydrogen (secondary N) is 1. The molecule has 6 heteroatoms. The minimum atomic E-state index is 0.169. The van der Waals surface area contributed by atoms with E-state index in [9.17, 15) is 0 Å². The predicted molar refractivity (Wildman–Crippen MR) is 97.5 cm³/mol. The van der Waals surface area contributed by atoms with Gasteiger partial charge < -0.3 is 15.8 Å². The number of thiazole rings is 1. The number of nitrogens with two attached hydrogens (primary N) is 1. The number of rotatable bonds is 7. The van der Waals surface area contributed by atoms with Gasteiger partial charge in [-0.25, -0.2) is 4.98 Å². The Labute approximate surface area is 141 Å². The fourth-order valence-electron chi connectivity index (χ4n) is 2.02. The molecule has 0 aliphatic rings. The van der Waals surface area contributed by atoms with Gasteiger partial charge in [-0.2, -0.15) is 0 Å². The smallest absolute Gasteiger partial charge is 0.193 e. The molecule has 0 amide bonds. The van der Waals surface area contributed by atoms with Crippen molar-refractivity contribution in [2.45, 2.75) is 39.7 Å². The third-order valence-electron chi connectivity index (χ3n) is 3.00. The molecule has 3 N–H and O–H groups in total. The van der Waals surface area contributed by atoms with Crippen LogP contribution in [0.15, 0.2) is 34.6 Å². The molecule has 0 atom stereocenters. The Bertz CT molecular complexity index is 634. The molecule has 0 aliphatic heterocycles. The number of benzene rings is 1. The van der Waals surface area contributed by atoms with Crippen molar-refractivity contribution < 1.29 is 4.74 Å². The third kappa shape index (κ3) is 6.28. The SMILES string of the molecule is Cc1csc(CCCN=C(N)Nc2ccc(OC(C)C)cc2)n1. The van der Waals surface area contributed by atoms with Crippen LogP contribution in [-0.4, -0.2) is 23.6 Å². The number of aromatic nitrogens is 1. The normalized spacial score (nSPS) is 11.7. The zero-order valence-corrected chi connectivity index (χ0v) is 14.7. The van der Waals surface area contributed by atoms with E-state index in [0.717, 1.165) is 35.0 Å². The lowest BCUT2D eigenvalue weighted by atomic mass is 10.3. The molecule has 0 spiro atoms. The number of aliphatic imine (C=N–C) groups is 1. The summed E-state index contributed by atoms with van der Waals surface area (Å²) in [7, 11) is 0. The largest absolute Gasteiger partial charge is 0.491 e. The summed E-state index contributed by atoms with van der Waals surface area (Å²) in [6.45, 7) is 6.71. The predicted octanol–water partition coefficient (Wildman–Crippen LogP) is 3.60. The van der Waals surface area contributed by atoms with Crippen molar-refractivity contribution in [1.82, 2.24) is 4.98 Å². The molecule has 23 heavy (non-hydrogen) atoms. The first-order valence-electron chi connectivity index (χ1n) is 7.77. The molecule has 1 aromatic heterocycles. The molecule has 2 aromatic rings. The van der Waals surface area contributed by atoms with Gasteiger partial charge in [-0.15, -0.1) is 11.3 Å². The van der Waals surface area contributed by atoms with Crippen LogP contribution in [0.5, 0.6) is 5.75 Å². The number of aryl methyl sites for hydroxylation is 2. The minimum Gasteiger partial charge on any atom is -0.491 e. The lowest BCUT2D eigenvalue weighted by molar-refractivity contribution is 0.242. The van der Waals surface area contributed by atoms with Gasteiger partial charge in [-0.3, -0.25) is 4.99 Å². The monoisotopic (exact) mass is 332 g/mol. The third-order valence-corrected chi connectivity index (χ3v) is 4.02. The van der Waals surface area contributed by atoms with Gasteiger partial charge in [0.15, 0.2) is 5.96 Å². The van der Waals surface area contributed by atoms with Crippen molar-refractivity contribution in [3.8, 4) is 5.75 Å². The Hall–Kier alpha value is -2.08. The van der Waals surface area contributed by atoms with Gasteiger partial charge in [0.1, 0.15) is 5.75 Å². The van der Waals surface area contributed by atoms with Crippen molar-refractivity contribution in [3.05, 3.63) is 40.3 Å². The first-order chi connectivity index (χ1) is 11.0. The zero-order chi connectivity index (χ0) is 16.7. The zero-order valence-electron chi connectivity index (χ0n) is 13.9. The minimum absolute atomic E-state index is 0.169. The average Bonchev–Trinajstić information content (AvgIpc) is 2.91. The van der Waals surface area contributed by atoms with Gasteiger partial charge in [-0.1, -0.05) is 0 Å². The van der Waals surface area contributed by atoms with Crippen molar-refractivity contribution in [2.24, 2.45) is 10.7 Å². The van der Waals surface area contributed by atoms with E-state index in [1.54, 1.807) is 11.3 Å². The highest BCUT2D eigenvalue weighted by molar-refractivity contribution is 7.09. The average molecular weight is 332 g/mol. The molecular formula is C17H24N4OS. The molecule has 0 saturated heterocycles. The summed E-state index contributed by atoms with van der Waals surface area (Å²) in [5.41, 5.74) is 7.89. The second-order valence-corrected chi connectivity index (χ2v) is 6.51. The van der Waals surface area contributed by atoms with Gasteiger partial charge in [0.05, 0.1) is 11.1 Å². The van der Waals surface area contributed by atoms with Crippen molar-refractivity contribution >= 4 is 23.0 Å². The summed E-state index contributed by atoms with van der Waals surface area (Å²) in [5, 5.41) is 6.31. The van der Waals surface area contributed by atoms with Gasteiger partial charge in [0, 0.05) is 29.7 Å². The maximum absolute atomic E-state index is 5.90. The van der Waals surface area contributed by atoms with E-state index in [4.69, 9.17) is 10.5 Å². The van der Waals surface area contributed by atoms with Crippen molar-refractivity contribution in [3.63, 3.8) is 0 Å². The van der Waals surface area contributed by atoms with Crippen molar-refractivity contribution in [2.75, 3.05) is 11.9 Å². The second kappa shape index (κ2) is 8.53. The maximum atomic E-state index is 5.90. The summed E-state index contributed by atoms with van der Waals surface area (Å²) in [6, 6.07) is 7.69. The Kier molecular flexibility index (Phi) is 6.40. The van der Waals surface area contributed by atoms with E-state index < -0.39 is 0 Å². The van der Waals surface area contributed by atoms with Gasteiger partial charge in [0.25, 0.3) is 0 Å². The molecule has 1 heterocycles. The number of anilines is 1. The van der Waals surface area contributed by atoms with Gasteiger partial charge in [0.2, 0.25) is 0 Å². The van der Waals surface area contributed by atoms with E-state index in [2.05, 4.69) is 20.7 Å². The quantitative estimate of drug-likeness (QED) is 0.462. The number of hydrogen-bond acceptors (Lipinski definition) is 4. The Morgan fingerprint density at radius 1 is 1.35 bits per heavy atom. The molecule has 2 rings (SSSR count). The van der Waals surface area contributed by atoms with Crippen LogP contribution in [0, 0.1) is 6.92 Å². The fraction of sp³-hybridized carbons (Fsp3) is 0.412. The topological polar surface area (TPSA) is 72.5 Å². The van der Waals surface area contributed by atoms with E-state index in [-0.39, 0.29) is 6.10 Å². The number of nitrogens with zero attached hydrogens (tertiary/aromatic N) is 2. The van der Waals surface area contributed by atoms with E-state index in [1.807, 2.05) is 45.0 Å². The molecule has 1 aromatic carbocycles. The molecule has 0 fully saturated rings. The second-order valence-electron chi connectivity index (χ2n) is 5.57. The van der Waals surface area contributed by atoms with E-state index >= 15 is 0 Å². The van der Waals surface area contributed by atoms with E-state index in [1.165, 1.54) is 0 Å². The van der Waals surface area contributed by atoms with Crippen LogP contribution in [0.2, 0.25) is 0 Å². The molecule has 124 valence electrons. The Morgan fingerprint density at radius 2 is 2.09 bits per heavy atom. The summed E-state index contributed by atoms with van der Waals surface area (Å²) in [5.74, 6) is 1.28. The molecule has 0 aliphatic carbocycles. The molecule has 5 nitrogen and oxygen atoms in total. The fourth-order valence-corrected chi connectivity index (χ4v) is 2.84. The van der Waals surface area contributed by atoms with Crippen LogP contribution in [0.3, 0.4) is 0 Å². The standard InChI is InChI=1S/C17H24N4OS/c1-12(2)22-15-8-6-14(7-9-15)21-17(18)19-10-4-5-16-20-13(3)11-23-16/h6-9,11-12H,4-5,10H2,1-3H3,(H3,18,19,21). The summed E-state index contributed by atoms with van der Waals surface area (Å²) in [4.78, 5) is 8.78. The number of guanidine groups is 1. The van der Waals surface area contributed by atoms with Crippen LogP contribution in [0.1, 0.15) is 31.0 Å². The van der Waals surface area contributed by atoms with Crippen LogP contribution >= 0.6 is 11.3 Å². The summed E-state index contributed by atoms with van der Waals surface area (Å²) < 4.78 is 5.60. The highest BCUT2D eigenvalue weighted by Crippen LogP contribution is 2.16. The number of ether oxygens (including phenoxy) is 1. The summed E-state index contributed by atoms with van der Waals surface area (Å²) in [6.07, 6.45) is 2.05. The lowest BCUT2D eigenvalue weighted by Crippen LogP contribution is -2.22. The van der Waals surface area contributed by atoms with Crippen LogP contribution < -0.4 is 15.8 Å². The molecule has 0 bridgehead atoms. The van der Waals surface area contributed by atoms with Crippen LogP contribution in [0.4, 0.5) is 5.69 Å². The highest BCUT2D eigenvalue weighted by Gasteiger charge is 2.00. The maximum Gasteiger partial charge on any atom is 0.193 e. The first kappa shape index (κ1) is 17.3. The molecular weight excluding hydrogens is 308 g/mol. The highest BCUT2D eigenvalue weighted by atomic mass is 32.1. The Morgan fingerprint density at radius 3 is 2.70 bits per heavy atom. The lowest BCUT2D eigenvalue weighted by Gasteiger charge is -2.10. The van der Waals surface area contributed by atoms with Crippen molar-refractivity contribution in [1.29, 1.82) is 0 Å². The van der Waals surface area contributed by atoms with Crippen LogP contribution in [0.25, 0.3) is 0 Å². The Balaban J connectivity index is 1.75. The van der Waals surface area contributed by atoms with E-state index in [0.29, 0.717) is 12.5 Å². The van der Waals surface area contributed by atoms with Gasteiger partial charge >= 0.3 is 0 Å². The molecule has 0 radical (unpaired) electrons. The van der Waals surface area contributed by atoms with Crippen LogP contribution in [-0.2, 0) is 6.42 Å². The number of hydrogen-bond donors (Lipinski definition) is 2. The summed E-state index contributed by atoms with van der Waals surface area (Å²) >= 11 is 1.70. The first-order valence-corrected chi connectivity index (χ1v) is 8.65. The molecule has 0 unspecified atom stereocenters.